The molecule has 1 aliphatic heterocycles. The first kappa shape index (κ1) is 19.6. The molecule has 0 aliphatic carbocycles. The Balaban J connectivity index is 1.57. The molecule has 8 heteroatoms. The van der Waals surface area contributed by atoms with Gasteiger partial charge in [-0.3, -0.25) is 0 Å². The molecule has 0 radical (unpaired) electrons. The van der Waals surface area contributed by atoms with Crippen molar-refractivity contribution in [3.8, 4) is 5.75 Å². The third-order valence-corrected chi connectivity index (χ3v) is 7.30. The predicted molar refractivity (Wildman–Crippen MR) is 106 cm³/mol. The Hall–Kier alpha value is -1.12. The van der Waals surface area contributed by atoms with Crippen molar-refractivity contribution < 1.29 is 13.5 Å². The first-order chi connectivity index (χ1) is 12.4. The average molecular weight is 460 g/mol. The van der Waals surface area contributed by atoms with Crippen molar-refractivity contribution >= 4 is 37.6 Å². The van der Waals surface area contributed by atoms with Crippen LogP contribution in [0.5, 0.6) is 5.75 Å². The molecule has 0 amide bonds. The fourth-order valence-electron chi connectivity index (χ4n) is 2.93. The van der Waals surface area contributed by atoms with E-state index in [9.17, 15) is 13.5 Å². The Bertz CT molecular complexity index is 867. The molecule has 1 heterocycles. The fraction of sp³-hybridized carbons (Fsp3) is 0.333. The van der Waals surface area contributed by atoms with E-state index < -0.39 is 10.0 Å². The van der Waals surface area contributed by atoms with Gasteiger partial charge < -0.3 is 10.0 Å². The molecule has 2 aromatic rings. The molecule has 1 fully saturated rings. The summed E-state index contributed by atoms with van der Waals surface area (Å²) in [7, 11) is -3.55. The number of hydrogen-bond acceptors (Lipinski definition) is 4. The van der Waals surface area contributed by atoms with E-state index in [0.717, 1.165) is 18.0 Å². The summed E-state index contributed by atoms with van der Waals surface area (Å²) in [5.41, 5.74) is 1.22. The van der Waals surface area contributed by atoms with Crippen LogP contribution in [0.15, 0.2) is 51.8 Å². The Morgan fingerprint density at radius 3 is 2.31 bits per heavy atom. The molecule has 3 rings (SSSR count). The average Bonchev–Trinajstić information content (AvgIpc) is 2.64. The van der Waals surface area contributed by atoms with E-state index in [1.807, 2.05) is 24.3 Å². The summed E-state index contributed by atoms with van der Waals surface area (Å²) in [6.45, 7) is 3.21. The van der Waals surface area contributed by atoms with Gasteiger partial charge >= 0.3 is 0 Å². The number of phenolic OH excluding ortho intramolecular Hbond substituents is 1. The van der Waals surface area contributed by atoms with Crippen LogP contribution in [0.25, 0.3) is 0 Å². The number of nitrogens with zero attached hydrogens (tertiary/aromatic N) is 2. The molecule has 1 saturated heterocycles. The molecular formula is C18H20BrClN2O3S. The maximum absolute atomic E-state index is 12.8. The molecule has 0 spiro atoms. The van der Waals surface area contributed by atoms with Crippen LogP contribution in [0.4, 0.5) is 0 Å². The summed E-state index contributed by atoms with van der Waals surface area (Å²) in [6.07, 6.45) is 0.912. The second kappa shape index (κ2) is 8.27. The highest BCUT2D eigenvalue weighted by atomic mass is 79.9. The van der Waals surface area contributed by atoms with Gasteiger partial charge in [0.25, 0.3) is 0 Å². The maximum atomic E-state index is 12.8. The van der Waals surface area contributed by atoms with Gasteiger partial charge in [0, 0.05) is 37.7 Å². The SMILES string of the molecule is O=S(=O)(c1ccc(O)c(Br)c1)N1CCN(CCc2ccc(Cl)cc2)CC1. The molecule has 1 aliphatic rings. The highest BCUT2D eigenvalue weighted by Gasteiger charge is 2.28. The number of hydrogen-bond donors (Lipinski definition) is 1. The van der Waals surface area contributed by atoms with E-state index in [4.69, 9.17) is 11.6 Å². The Kier molecular flexibility index (Phi) is 6.25. The fourth-order valence-corrected chi connectivity index (χ4v) is 5.03. The molecule has 0 saturated carbocycles. The van der Waals surface area contributed by atoms with E-state index >= 15 is 0 Å². The molecule has 0 unspecified atom stereocenters. The second-order valence-electron chi connectivity index (χ2n) is 6.24. The minimum Gasteiger partial charge on any atom is -0.507 e. The predicted octanol–water partition coefficient (Wildman–Crippen LogP) is 3.36. The van der Waals surface area contributed by atoms with Crippen LogP contribution in [-0.2, 0) is 16.4 Å². The highest BCUT2D eigenvalue weighted by Crippen LogP contribution is 2.28. The van der Waals surface area contributed by atoms with Crippen molar-refractivity contribution in [1.29, 1.82) is 0 Å². The summed E-state index contributed by atoms with van der Waals surface area (Å²) >= 11 is 9.07. The van der Waals surface area contributed by atoms with Gasteiger partial charge in [-0.15, -0.1) is 0 Å². The molecule has 0 bridgehead atoms. The van der Waals surface area contributed by atoms with Crippen molar-refractivity contribution in [2.45, 2.75) is 11.3 Å². The quantitative estimate of drug-likeness (QED) is 0.745. The van der Waals surface area contributed by atoms with Crippen LogP contribution in [0, 0.1) is 0 Å². The van der Waals surface area contributed by atoms with E-state index in [2.05, 4.69) is 20.8 Å². The molecular weight excluding hydrogens is 440 g/mol. The number of aromatic hydroxyl groups is 1. The van der Waals surface area contributed by atoms with Crippen molar-refractivity contribution in [1.82, 2.24) is 9.21 Å². The van der Waals surface area contributed by atoms with Gasteiger partial charge in [-0.1, -0.05) is 23.7 Å². The molecule has 0 atom stereocenters. The van der Waals surface area contributed by atoms with Crippen LogP contribution < -0.4 is 0 Å². The van der Waals surface area contributed by atoms with E-state index in [-0.39, 0.29) is 10.6 Å². The van der Waals surface area contributed by atoms with Crippen LogP contribution in [-0.4, -0.2) is 55.5 Å². The van der Waals surface area contributed by atoms with Crippen molar-refractivity contribution in [3.63, 3.8) is 0 Å². The van der Waals surface area contributed by atoms with Crippen molar-refractivity contribution in [2.24, 2.45) is 0 Å². The smallest absolute Gasteiger partial charge is 0.243 e. The molecule has 5 nitrogen and oxygen atoms in total. The van der Waals surface area contributed by atoms with E-state index in [1.54, 1.807) is 0 Å². The van der Waals surface area contributed by atoms with Gasteiger partial charge in [-0.05, 0) is 58.2 Å². The minimum absolute atomic E-state index is 0.0240. The summed E-state index contributed by atoms with van der Waals surface area (Å²) in [5.74, 6) is 0.0240. The Labute approximate surface area is 167 Å². The number of sulfonamides is 1. The third kappa shape index (κ3) is 4.58. The molecule has 26 heavy (non-hydrogen) atoms. The summed E-state index contributed by atoms with van der Waals surface area (Å²) in [4.78, 5) is 2.46. The van der Waals surface area contributed by atoms with Gasteiger partial charge in [0.2, 0.25) is 10.0 Å². The number of benzene rings is 2. The summed E-state index contributed by atoms with van der Waals surface area (Å²) < 4.78 is 27.4. The van der Waals surface area contributed by atoms with Gasteiger partial charge in [0.1, 0.15) is 5.75 Å². The van der Waals surface area contributed by atoms with Crippen LogP contribution in [0.3, 0.4) is 0 Å². The number of rotatable bonds is 5. The van der Waals surface area contributed by atoms with E-state index in [0.29, 0.717) is 30.7 Å². The summed E-state index contributed by atoms with van der Waals surface area (Å²) in [5, 5.41) is 10.3. The largest absolute Gasteiger partial charge is 0.507 e. The van der Waals surface area contributed by atoms with Crippen molar-refractivity contribution in [2.75, 3.05) is 32.7 Å². The number of halogens is 2. The lowest BCUT2D eigenvalue weighted by atomic mass is 10.1. The van der Waals surface area contributed by atoms with Gasteiger partial charge in [0.05, 0.1) is 9.37 Å². The maximum Gasteiger partial charge on any atom is 0.243 e. The normalized spacial score (nSPS) is 16.7. The van der Waals surface area contributed by atoms with Crippen LogP contribution in [0.2, 0.25) is 5.02 Å². The molecule has 0 aromatic heterocycles. The monoisotopic (exact) mass is 458 g/mol. The zero-order valence-electron chi connectivity index (χ0n) is 14.1. The Morgan fingerprint density at radius 1 is 1.04 bits per heavy atom. The molecule has 1 N–H and O–H groups in total. The molecule has 140 valence electrons. The van der Waals surface area contributed by atoms with E-state index in [1.165, 1.54) is 28.1 Å². The first-order valence-electron chi connectivity index (χ1n) is 8.32. The highest BCUT2D eigenvalue weighted by molar-refractivity contribution is 9.10. The van der Waals surface area contributed by atoms with Gasteiger partial charge in [0.15, 0.2) is 0 Å². The van der Waals surface area contributed by atoms with Gasteiger partial charge in [-0.2, -0.15) is 4.31 Å². The van der Waals surface area contributed by atoms with Crippen LogP contribution in [0.1, 0.15) is 5.56 Å². The Morgan fingerprint density at radius 2 is 1.69 bits per heavy atom. The third-order valence-electron chi connectivity index (χ3n) is 4.52. The lowest BCUT2D eigenvalue weighted by Crippen LogP contribution is -2.48. The number of piperazine rings is 1. The number of phenols is 1. The topological polar surface area (TPSA) is 60.9 Å². The summed E-state index contributed by atoms with van der Waals surface area (Å²) in [6, 6.07) is 12.1. The van der Waals surface area contributed by atoms with Crippen molar-refractivity contribution in [3.05, 3.63) is 57.5 Å². The van der Waals surface area contributed by atoms with Gasteiger partial charge in [-0.25, -0.2) is 8.42 Å². The lowest BCUT2D eigenvalue weighted by Gasteiger charge is -2.34. The molecule has 2 aromatic carbocycles. The first-order valence-corrected chi connectivity index (χ1v) is 10.9. The lowest BCUT2D eigenvalue weighted by molar-refractivity contribution is 0.190. The minimum atomic E-state index is -3.55. The zero-order valence-corrected chi connectivity index (χ0v) is 17.3. The second-order valence-corrected chi connectivity index (χ2v) is 9.46. The van der Waals surface area contributed by atoms with Crippen LogP contribution >= 0.6 is 27.5 Å². The zero-order chi connectivity index (χ0) is 18.7. The standard InChI is InChI=1S/C18H20BrClN2O3S/c19-17-13-16(5-6-18(17)23)26(24,25)22-11-9-21(10-12-22)8-7-14-1-3-15(20)4-2-14/h1-6,13,23H,7-12H2.